The van der Waals surface area contributed by atoms with Crippen LogP contribution >= 0.6 is 11.6 Å². The molecule has 128 valence electrons. The summed E-state index contributed by atoms with van der Waals surface area (Å²) in [5, 5.41) is 10.4. The van der Waals surface area contributed by atoms with Gasteiger partial charge in [0.05, 0.1) is 12.1 Å². The predicted molar refractivity (Wildman–Crippen MR) is 98.0 cm³/mol. The first kappa shape index (κ1) is 16.1. The van der Waals surface area contributed by atoms with Gasteiger partial charge in [0.15, 0.2) is 0 Å². The fourth-order valence-electron chi connectivity index (χ4n) is 5.08. The Bertz CT molecular complexity index is 717. The number of fused-ring (bicyclic) bond motifs is 3. The van der Waals surface area contributed by atoms with Crippen molar-refractivity contribution in [2.75, 3.05) is 7.11 Å². The monoisotopic (exact) mass is 344 g/mol. The van der Waals surface area contributed by atoms with Crippen molar-refractivity contribution in [1.29, 1.82) is 0 Å². The van der Waals surface area contributed by atoms with Crippen molar-refractivity contribution in [1.82, 2.24) is 0 Å². The van der Waals surface area contributed by atoms with Crippen LogP contribution in [0.2, 0.25) is 5.02 Å². The molecule has 4 rings (SSSR count). The highest BCUT2D eigenvalue weighted by Crippen LogP contribution is 2.53. The van der Waals surface area contributed by atoms with Gasteiger partial charge >= 0.3 is 0 Å². The summed E-state index contributed by atoms with van der Waals surface area (Å²) in [6, 6.07) is 5.47. The molecule has 2 nitrogen and oxygen atoms in total. The Morgan fingerprint density at radius 3 is 2.79 bits per heavy atom. The predicted octanol–water partition coefficient (Wildman–Crippen LogP) is 6.09. The van der Waals surface area contributed by atoms with Crippen molar-refractivity contribution in [2.24, 2.45) is 11.8 Å². The van der Waals surface area contributed by atoms with E-state index >= 15 is 0 Å². The van der Waals surface area contributed by atoms with E-state index < -0.39 is 0 Å². The van der Waals surface area contributed by atoms with Gasteiger partial charge in [-0.3, -0.25) is 0 Å². The maximum absolute atomic E-state index is 10.0. The molecule has 2 unspecified atom stereocenters. The summed E-state index contributed by atoms with van der Waals surface area (Å²) in [6.07, 6.45) is 10.3. The van der Waals surface area contributed by atoms with Crippen LogP contribution in [0.3, 0.4) is 0 Å². The highest BCUT2D eigenvalue weighted by atomic mass is 35.5. The quantitative estimate of drug-likeness (QED) is 0.519. The fourth-order valence-corrected chi connectivity index (χ4v) is 5.20. The number of halogens is 1. The Kier molecular flexibility index (Phi) is 4.34. The minimum atomic E-state index is 0.128. The van der Waals surface area contributed by atoms with Gasteiger partial charge in [-0.25, -0.2) is 0 Å². The molecular formula is C21H25ClO2. The zero-order valence-corrected chi connectivity index (χ0v) is 15.0. The summed E-state index contributed by atoms with van der Waals surface area (Å²) in [5.74, 6) is 2.26. The van der Waals surface area contributed by atoms with Gasteiger partial charge < -0.3 is 9.84 Å². The summed E-state index contributed by atoms with van der Waals surface area (Å²) in [4.78, 5) is 0. The van der Waals surface area contributed by atoms with Crippen LogP contribution in [0.25, 0.3) is 5.76 Å². The van der Waals surface area contributed by atoms with Crippen molar-refractivity contribution in [3.8, 4) is 5.75 Å². The molecule has 3 aliphatic carbocycles. The molecule has 1 fully saturated rings. The minimum absolute atomic E-state index is 0.128. The van der Waals surface area contributed by atoms with Gasteiger partial charge in [-0.15, -0.1) is 0 Å². The number of allylic oxidation sites excluding steroid dienone is 3. The average Bonchev–Trinajstić information content (AvgIpc) is 2.59. The standard InChI is InChI=1S/C21H25ClO2/c1-24-21(15-9-10-18(22)19(23)12-15)20-14-6-4-8-17(20)16-7-3-2-5-13(16)11-14/h9-10,12,14,17,23H,2-8,11H2,1H3/b21-20+. The third-order valence-corrected chi connectivity index (χ3v) is 6.40. The van der Waals surface area contributed by atoms with E-state index in [1.165, 1.54) is 56.9 Å². The molecule has 0 aliphatic heterocycles. The second-order valence-corrected chi connectivity index (χ2v) is 7.78. The highest BCUT2D eigenvalue weighted by molar-refractivity contribution is 6.32. The van der Waals surface area contributed by atoms with E-state index in [0.717, 1.165) is 11.3 Å². The van der Waals surface area contributed by atoms with E-state index in [4.69, 9.17) is 16.3 Å². The summed E-state index contributed by atoms with van der Waals surface area (Å²) in [7, 11) is 1.76. The van der Waals surface area contributed by atoms with Crippen LogP contribution in [0.4, 0.5) is 0 Å². The molecule has 0 saturated heterocycles. The van der Waals surface area contributed by atoms with E-state index in [1.54, 1.807) is 30.4 Å². The first-order valence-electron chi connectivity index (χ1n) is 9.16. The Morgan fingerprint density at radius 1 is 1.17 bits per heavy atom. The molecule has 2 atom stereocenters. The van der Waals surface area contributed by atoms with Crippen molar-refractivity contribution in [2.45, 2.75) is 51.4 Å². The molecule has 0 heterocycles. The lowest BCUT2D eigenvalue weighted by Crippen LogP contribution is -2.30. The number of benzene rings is 1. The van der Waals surface area contributed by atoms with Crippen LogP contribution in [0.15, 0.2) is 34.9 Å². The third kappa shape index (κ3) is 2.65. The first-order valence-corrected chi connectivity index (χ1v) is 9.54. The maximum atomic E-state index is 10.0. The Balaban J connectivity index is 1.83. The molecule has 3 heteroatoms. The number of phenols is 1. The molecule has 0 aromatic heterocycles. The summed E-state index contributed by atoms with van der Waals surface area (Å²) in [5.41, 5.74) is 5.88. The van der Waals surface area contributed by atoms with Gasteiger partial charge in [-0.2, -0.15) is 0 Å². The number of ether oxygens (including phenoxy) is 1. The first-order chi connectivity index (χ1) is 11.7. The lowest BCUT2D eigenvalue weighted by atomic mass is 9.62. The van der Waals surface area contributed by atoms with Gasteiger partial charge in [-0.1, -0.05) is 29.2 Å². The number of hydrogen-bond donors (Lipinski definition) is 1. The summed E-state index contributed by atoms with van der Waals surface area (Å²) >= 11 is 5.99. The molecule has 1 aromatic rings. The lowest BCUT2D eigenvalue weighted by molar-refractivity contribution is 0.311. The Labute approximate surface area is 149 Å². The van der Waals surface area contributed by atoms with Gasteiger partial charge in [0.25, 0.3) is 0 Å². The zero-order chi connectivity index (χ0) is 16.7. The molecule has 24 heavy (non-hydrogen) atoms. The van der Waals surface area contributed by atoms with E-state index in [0.29, 0.717) is 16.9 Å². The topological polar surface area (TPSA) is 29.5 Å². The van der Waals surface area contributed by atoms with Gasteiger partial charge in [-0.05, 0) is 74.6 Å². The van der Waals surface area contributed by atoms with Crippen LogP contribution in [0.5, 0.6) is 5.75 Å². The zero-order valence-electron chi connectivity index (χ0n) is 14.3. The molecule has 1 aromatic carbocycles. The summed E-state index contributed by atoms with van der Waals surface area (Å²) in [6.45, 7) is 0. The largest absolute Gasteiger partial charge is 0.506 e. The van der Waals surface area contributed by atoms with Crippen LogP contribution in [0, 0.1) is 11.8 Å². The van der Waals surface area contributed by atoms with E-state index in [2.05, 4.69) is 0 Å². The SMILES string of the molecule is CO/C(=C1\C2CCCC1C1=C(CCCC1)C2)c1ccc(Cl)c(O)c1. The van der Waals surface area contributed by atoms with Crippen molar-refractivity contribution < 1.29 is 9.84 Å². The number of phenolic OH excluding ortho intramolecular Hbond substituents is 1. The van der Waals surface area contributed by atoms with Gasteiger partial charge in [0.2, 0.25) is 0 Å². The number of methoxy groups -OCH3 is 1. The van der Waals surface area contributed by atoms with Crippen molar-refractivity contribution in [3.63, 3.8) is 0 Å². The normalized spacial score (nSPS) is 28.4. The molecule has 3 aliphatic rings. The van der Waals surface area contributed by atoms with Gasteiger partial charge in [0, 0.05) is 11.5 Å². The number of rotatable bonds is 2. The molecule has 0 amide bonds. The second-order valence-electron chi connectivity index (χ2n) is 7.38. The number of aromatic hydroxyl groups is 1. The van der Waals surface area contributed by atoms with Crippen molar-refractivity contribution >= 4 is 17.4 Å². The molecule has 2 bridgehead atoms. The van der Waals surface area contributed by atoms with Crippen LogP contribution < -0.4 is 0 Å². The Morgan fingerprint density at radius 2 is 2.00 bits per heavy atom. The van der Waals surface area contributed by atoms with Crippen LogP contribution in [0.1, 0.15) is 56.9 Å². The second kappa shape index (κ2) is 6.48. The molecule has 0 radical (unpaired) electrons. The highest BCUT2D eigenvalue weighted by Gasteiger charge is 2.39. The van der Waals surface area contributed by atoms with E-state index in [9.17, 15) is 5.11 Å². The minimum Gasteiger partial charge on any atom is -0.506 e. The molecule has 0 spiro atoms. The third-order valence-electron chi connectivity index (χ3n) is 6.08. The van der Waals surface area contributed by atoms with Crippen molar-refractivity contribution in [3.05, 3.63) is 45.5 Å². The molecule has 1 N–H and O–H groups in total. The smallest absolute Gasteiger partial charge is 0.134 e. The fraction of sp³-hybridized carbons (Fsp3) is 0.524. The molecule has 1 saturated carbocycles. The summed E-state index contributed by atoms with van der Waals surface area (Å²) < 4.78 is 5.89. The maximum Gasteiger partial charge on any atom is 0.134 e. The van der Waals surface area contributed by atoms with E-state index in [1.807, 2.05) is 6.07 Å². The van der Waals surface area contributed by atoms with Gasteiger partial charge in [0.1, 0.15) is 11.5 Å². The molecular weight excluding hydrogens is 320 g/mol. The van der Waals surface area contributed by atoms with E-state index in [-0.39, 0.29) is 5.75 Å². The lowest BCUT2D eigenvalue weighted by Gasteiger charge is -2.43. The van der Waals surface area contributed by atoms with Crippen LogP contribution in [-0.2, 0) is 4.74 Å². The average molecular weight is 345 g/mol. The number of hydrogen-bond acceptors (Lipinski definition) is 2. The van der Waals surface area contributed by atoms with Crippen LogP contribution in [-0.4, -0.2) is 12.2 Å². The Hall–Kier alpha value is -1.41.